The van der Waals surface area contributed by atoms with E-state index in [0.717, 1.165) is 18.5 Å². The van der Waals surface area contributed by atoms with Gasteiger partial charge >= 0.3 is 0 Å². The van der Waals surface area contributed by atoms with Crippen LogP contribution < -0.4 is 16.4 Å². The van der Waals surface area contributed by atoms with Crippen LogP contribution in [0.2, 0.25) is 0 Å². The monoisotopic (exact) mass is 247 g/mol. The molecule has 1 fully saturated rings. The normalized spacial score (nSPS) is 14.1. The number of hydrogen-bond acceptors (Lipinski definition) is 4. The quantitative estimate of drug-likeness (QED) is 0.538. The highest BCUT2D eigenvalue weighted by Crippen LogP contribution is 2.19. The van der Waals surface area contributed by atoms with Gasteiger partial charge in [-0.2, -0.15) is 0 Å². The zero-order valence-corrected chi connectivity index (χ0v) is 10.3. The Labute approximate surface area is 106 Å². The number of Topliss-reactive ketones (excluding diaryl/α,β-unsaturated/α-hetero) is 1. The predicted molar refractivity (Wildman–Crippen MR) is 70.5 cm³/mol. The average molecular weight is 247 g/mol. The van der Waals surface area contributed by atoms with Crippen molar-refractivity contribution in [1.29, 1.82) is 0 Å². The van der Waals surface area contributed by atoms with Crippen molar-refractivity contribution in [2.24, 2.45) is 0 Å². The van der Waals surface area contributed by atoms with Crippen LogP contribution >= 0.6 is 0 Å². The van der Waals surface area contributed by atoms with E-state index in [9.17, 15) is 9.59 Å². The molecule has 1 aliphatic rings. The molecule has 96 valence electrons. The summed E-state index contributed by atoms with van der Waals surface area (Å²) in [6.45, 7) is 1.67. The first-order valence-corrected chi connectivity index (χ1v) is 6.00. The molecule has 0 unspecified atom stereocenters. The molecule has 5 nitrogen and oxygen atoms in total. The summed E-state index contributed by atoms with van der Waals surface area (Å²) in [7, 11) is 0. The van der Waals surface area contributed by atoms with Gasteiger partial charge in [-0.05, 0) is 38.0 Å². The second-order valence-electron chi connectivity index (χ2n) is 4.55. The molecule has 4 N–H and O–H groups in total. The van der Waals surface area contributed by atoms with Crippen LogP contribution in [-0.2, 0) is 4.79 Å². The van der Waals surface area contributed by atoms with Crippen LogP contribution in [0.1, 0.15) is 30.1 Å². The fourth-order valence-electron chi connectivity index (χ4n) is 1.66. The van der Waals surface area contributed by atoms with E-state index in [1.165, 1.54) is 6.92 Å². The van der Waals surface area contributed by atoms with Gasteiger partial charge in [0, 0.05) is 23.0 Å². The zero-order valence-electron chi connectivity index (χ0n) is 10.3. The molecule has 1 amide bonds. The summed E-state index contributed by atoms with van der Waals surface area (Å²) in [4.78, 5) is 22.8. The zero-order chi connectivity index (χ0) is 13.1. The number of carbonyl (C=O) groups is 2. The summed E-state index contributed by atoms with van der Waals surface area (Å²) in [6.07, 6.45) is 2.14. The molecule has 5 heteroatoms. The minimum Gasteiger partial charge on any atom is -0.398 e. The maximum Gasteiger partial charge on any atom is 0.239 e. The van der Waals surface area contributed by atoms with Gasteiger partial charge in [-0.25, -0.2) is 0 Å². The highest BCUT2D eigenvalue weighted by atomic mass is 16.2. The Kier molecular flexibility index (Phi) is 3.50. The molecule has 0 bridgehead atoms. The van der Waals surface area contributed by atoms with Crippen LogP contribution in [0.25, 0.3) is 0 Å². The average Bonchev–Trinajstić information content (AvgIpc) is 3.11. The van der Waals surface area contributed by atoms with Gasteiger partial charge in [-0.1, -0.05) is 0 Å². The first kappa shape index (κ1) is 12.4. The van der Waals surface area contributed by atoms with Gasteiger partial charge in [0.25, 0.3) is 0 Å². The molecule has 0 radical (unpaired) electrons. The van der Waals surface area contributed by atoms with E-state index in [2.05, 4.69) is 10.6 Å². The summed E-state index contributed by atoms with van der Waals surface area (Å²) in [5, 5.41) is 5.86. The van der Waals surface area contributed by atoms with Crippen molar-refractivity contribution >= 4 is 23.1 Å². The molecule has 1 aromatic rings. The topological polar surface area (TPSA) is 84.2 Å². The lowest BCUT2D eigenvalue weighted by Crippen LogP contribution is -2.31. The van der Waals surface area contributed by atoms with Crippen LogP contribution in [-0.4, -0.2) is 24.3 Å². The van der Waals surface area contributed by atoms with Crippen molar-refractivity contribution in [3.05, 3.63) is 23.8 Å². The molecule has 0 aromatic heterocycles. The van der Waals surface area contributed by atoms with E-state index in [-0.39, 0.29) is 18.2 Å². The Morgan fingerprint density at radius 2 is 2.11 bits per heavy atom. The van der Waals surface area contributed by atoms with Crippen LogP contribution in [0, 0.1) is 0 Å². The standard InChI is InChI=1S/C13H17N3O2/c1-8(17)11-6-10(4-5-12(11)14)15-7-13(18)16-9-2-3-9/h4-6,9,15H,2-3,7,14H2,1H3,(H,16,18). The molecule has 0 aliphatic heterocycles. The number of ketones is 1. The third-order valence-electron chi connectivity index (χ3n) is 2.83. The molecule has 0 spiro atoms. The fourth-order valence-corrected chi connectivity index (χ4v) is 1.66. The molecule has 2 rings (SSSR count). The highest BCUT2D eigenvalue weighted by molar-refractivity contribution is 6.00. The van der Waals surface area contributed by atoms with Gasteiger partial charge in [0.05, 0.1) is 6.54 Å². The lowest BCUT2D eigenvalue weighted by atomic mass is 10.1. The molecule has 1 aliphatic carbocycles. The number of carbonyl (C=O) groups excluding carboxylic acids is 2. The maximum absolute atomic E-state index is 11.5. The van der Waals surface area contributed by atoms with Gasteiger partial charge in [-0.15, -0.1) is 0 Å². The maximum atomic E-state index is 11.5. The Morgan fingerprint density at radius 3 is 2.72 bits per heavy atom. The minimum absolute atomic E-state index is 0.0290. The van der Waals surface area contributed by atoms with Crippen molar-refractivity contribution in [3.8, 4) is 0 Å². The van der Waals surface area contributed by atoms with Crippen LogP contribution in [0.3, 0.4) is 0 Å². The summed E-state index contributed by atoms with van der Waals surface area (Å²) < 4.78 is 0. The molecule has 0 atom stereocenters. The number of hydrogen-bond donors (Lipinski definition) is 3. The summed E-state index contributed by atoms with van der Waals surface area (Å²) in [5.41, 5.74) is 7.34. The summed E-state index contributed by atoms with van der Waals surface area (Å²) in [6, 6.07) is 5.45. The van der Waals surface area contributed by atoms with Crippen molar-refractivity contribution in [3.63, 3.8) is 0 Å². The van der Waals surface area contributed by atoms with E-state index in [0.29, 0.717) is 17.3 Å². The summed E-state index contributed by atoms with van der Waals surface area (Å²) in [5.74, 6) is -0.114. The van der Waals surface area contributed by atoms with Gasteiger partial charge in [0.2, 0.25) is 5.91 Å². The Hall–Kier alpha value is -2.04. The summed E-state index contributed by atoms with van der Waals surface area (Å²) >= 11 is 0. The molecule has 1 aromatic carbocycles. The van der Waals surface area contributed by atoms with Crippen molar-refractivity contribution in [2.45, 2.75) is 25.8 Å². The Bertz CT molecular complexity index is 481. The van der Waals surface area contributed by atoms with E-state index < -0.39 is 0 Å². The molecular formula is C13H17N3O2. The van der Waals surface area contributed by atoms with Crippen molar-refractivity contribution < 1.29 is 9.59 Å². The first-order chi connectivity index (χ1) is 8.56. The van der Waals surface area contributed by atoms with Crippen LogP contribution in [0.5, 0.6) is 0 Å². The molecule has 0 heterocycles. The number of nitrogens with two attached hydrogens (primary N) is 1. The van der Waals surface area contributed by atoms with E-state index >= 15 is 0 Å². The number of amides is 1. The van der Waals surface area contributed by atoms with Crippen LogP contribution in [0.15, 0.2) is 18.2 Å². The second kappa shape index (κ2) is 5.08. The molecule has 1 saturated carbocycles. The third kappa shape index (κ3) is 3.23. The largest absolute Gasteiger partial charge is 0.398 e. The number of nitrogens with one attached hydrogen (secondary N) is 2. The third-order valence-corrected chi connectivity index (χ3v) is 2.83. The highest BCUT2D eigenvalue weighted by Gasteiger charge is 2.22. The number of benzene rings is 1. The lowest BCUT2D eigenvalue weighted by molar-refractivity contribution is -0.119. The Morgan fingerprint density at radius 1 is 1.39 bits per heavy atom. The SMILES string of the molecule is CC(=O)c1cc(NCC(=O)NC2CC2)ccc1N. The Balaban J connectivity index is 1.94. The number of anilines is 2. The number of nitrogen functional groups attached to an aromatic ring is 1. The van der Waals surface area contributed by atoms with Gasteiger partial charge < -0.3 is 16.4 Å². The van der Waals surface area contributed by atoms with Crippen LogP contribution in [0.4, 0.5) is 11.4 Å². The molecular weight excluding hydrogens is 230 g/mol. The van der Waals surface area contributed by atoms with Gasteiger partial charge in [0.15, 0.2) is 5.78 Å². The van der Waals surface area contributed by atoms with Gasteiger partial charge in [-0.3, -0.25) is 9.59 Å². The predicted octanol–water partition coefficient (Wildman–Crippen LogP) is 1.16. The fraction of sp³-hybridized carbons (Fsp3) is 0.385. The van der Waals surface area contributed by atoms with E-state index in [4.69, 9.17) is 5.73 Å². The molecule has 0 saturated heterocycles. The van der Waals surface area contributed by atoms with E-state index in [1.807, 2.05) is 0 Å². The van der Waals surface area contributed by atoms with Gasteiger partial charge in [0.1, 0.15) is 0 Å². The van der Waals surface area contributed by atoms with Crippen molar-refractivity contribution in [1.82, 2.24) is 5.32 Å². The minimum atomic E-state index is -0.0846. The molecule has 18 heavy (non-hydrogen) atoms. The number of rotatable bonds is 5. The smallest absolute Gasteiger partial charge is 0.239 e. The first-order valence-electron chi connectivity index (χ1n) is 6.00. The second-order valence-corrected chi connectivity index (χ2v) is 4.55. The van der Waals surface area contributed by atoms with Crippen molar-refractivity contribution in [2.75, 3.05) is 17.6 Å². The lowest BCUT2D eigenvalue weighted by Gasteiger charge is -2.09. The van der Waals surface area contributed by atoms with E-state index in [1.54, 1.807) is 18.2 Å².